The average molecular weight is 426 g/mol. The van der Waals surface area contributed by atoms with Gasteiger partial charge in [-0.15, -0.1) is 0 Å². The van der Waals surface area contributed by atoms with E-state index in [-0.39, 0.29) is 12.3 Å². The number of carboxylic acid groups (broad SMARTS) is 1. The Bertz CT molecular complexity index is 1100. The number of anilines is 1. The summed E-state index contributed by atoms with van der Waals surface area (Å²) in [7, 11) is 0. The topological polar surface area (TPSA) is 58.4 Å². The van der Waals surface area contributed by atoms with E-state index in [1.54, 1.807) is 0 Å². The van der Waals surface area contributed by atoms with Crippen LogP contribution in [0, 0.1) is 33.6 Å². The van der Waals surface area contributed by atoms with Crippen LogP contribution in [0.25, 0.3) is 16.7 Å². The molecule has 2 aromatic heterocycles. The van der Waals surface area contributed by atoms with E-state index in [0.717, 1.165) is 59.1 Å². The van der Waals surface area contributed by atoms with Gasteiger partial charge in [0.25, 0.3) is 0 Å². The maximum atomic E-state index is 11.1. The molecule has 1 saturated heterocycles. The third-order valence-electron chi connectivity index (χ3n) is 6.17. The fourth-order valence-corrected chi connectivity index (χ4v) is 5.17. The Morgan fingerprint density at radius 1 is 1.10 bits per heavy atom. The predicted molar refractivity (Wildman–Crippen MR) is 122 cm³/mol. The minimum atomic E-state index is -0.697. The van der Waals surface area contributed by atoms with Gasteiger partial charge in [-0.05, 0) is 81.3 Å². The smallest absolute Gasteiger partial charge is 0.303 e. The summed E-state index contributed by atoms with van der Waals surface area (Å²) in [6.07, 6.45) is 4.25. The molecule has 0 amide bonds. The largest absolute Gasteiger partial charge is 0.481 e. The summed E-state index contributed by atoms with van der Waals surface area (Å²) in [6, 6.07) is 6.16. The molecule has 3 aromatic rings. The molecule has 1 N–H and O–H groups in total. The summed E-state index contributed by atoms with van der Waals surface area (Å²) in [5.41, 5.74) is 7.70. The number of carboxylic acids is 1. The number of benzene rings is 1. The lowest BCUT2D eigenvalue weighted by atomic mass is 9.93. The molecule has 1 aliphatic heterocycles. The first-order valence-electron chi connectivity index (χ1n) is 10.5. The molecule has 0 bridgehead atoms. The van der Waals surface area contributed by atoms with E-state index in [1.807, 2.05) is 19.1 Å². The van der Waals surface area contributed by atoms with Gasteiger partial charge in [-0.25, -0.2) is 4.98 Å². The van der Waals surface area contributed by atoms with Crippen LogP contribution in [0.15, 0.2) is 24.4 Å². The summed E-state index contributed by atoms with van der Waals surface area (Å²) < 4.78 is 2.19. The minimum Gasteiger partial charge on any atom is -0.481 e. The molecule has 6 heteroatoms. The number of hydrogen-bond donors (Lipinski definition) is 1. The van der Waals surface area contributed by atoms with Crippen molar-refractivity contribution in [3.05, 3.63) is 51.8 Å². The van der Waals surface area contributed by atoms with Gasteiger partial charge in [0.1, 0.15) is 5.65 Å². The van der Waals surface area contributed by atoms with Crippen molar-refractivity contribution in [3.63, 3.8) is 0 Å². The van der Waals surface area contributed by atoms with Crippen molar-refractivity contribution in [3.8, 4) is 5.69 Å². The van der Waals surface area contributed by atoms with E-state index >= 15 is 0 Å². The highest BCUT2D eigenvalue weighted by Crippen LogP contribution is 2.36. The number of fused-ring (bicyclic) bond motifs is 1. The minimum absolute atomic E-state index is 0.266. The molecule has 1 aromatic carbocycles. The van der Waals surface area contributed by atoms with Gasteiger partial charge >= 0.3 is 5.97 Å². The lowest BCUT2D eigenvalue weighted by Gasteiger charge is -2.33. The SMILES string of the molecule is Cc1cc(N2CCC(CC(=O)O)CC2)c2c(C)cn(-c3c(C)cc(Cl)cc3C)c2n1. The van der Waals surface area contributed by atoms with Crippen LogP contribution in [-0.4, -0.2) is 33.7 Å². The molecule has 30 heavy (non-hydrogen) atoms. The van der Waals surface area contributed by atoms with Crippen molar-refractivity contribution in [2.24, 2.45) is 5.92 Å². The second-order valence-corrected chi connectivity index (χ2v) is 9.02. The third-order valence-corrected chi connectivity index (χ3v) is 6.39. The van der Waals surface area contributed by atoms with Crippen molar-refractivity contribution < 1.29 is 9.90 Å². The predicted octanol–water partition coefficient (Wildman–Crippen LogP) is 5.60. The van der Waals surface area contributed by atoms with Crippen molar-refractivity contribution in [2.45, 2.75) is 47.0 Å². The number of pyridine rings is 1. The van der Waals surface area contributed by atoms with E-state index in [1.165, 1.54) is 16.6 Å². The Kier molecular flexibility index (Phi) is 5.49. The molecule has 0 radical (unpaired) electrons. The average Bonchev–Trinajstić information content (AvgIpc) is 2.96. The van der Waals surface area contributed by atoms with E-state index in [2.05, 4.69) is 42.5 Å². The molecule has 1 aliphatic rings. The molecule has 1 fully saturated rings. The number of aromatic nitrogens is 2. The maximum absolute atomic E-state index is 11.1. The van der Waals surface area contributed by atoms with E-state index in [0.29, 0.717) is 0 Å². The molecule has 0 aliphatic carbocycles. The number of carbonyl (C=O) groups is 1. The van der Waals surface area contributed by atoms with Crippen LogP contribution in [0.2, 0.25) is 5.02 Å². The first-order valence-corrected chi connectivity index (χ1v) is 10.9. The summed E-state index contributed by atoms with van der Waals surface area (Å²) >= 11 is 6.26. The van der Waals surface area contributed by atoms with Crippen LogP contribution in [0.4, 0.5) is 5.69 Å². The Balaban J connectivity index is 1.79. The van der Waals surface area contributed by atoms with Crippen LogP contribution in [0.5, 0.6) is 0 Å². The monoisotopic (exact) mass is 425 g/mol. The van der Waals surface area contributed by atoms with Gasteiger partial charge in [0.15, 0.2) is 0 Å². The van der Waals surface area contributed by atoms with Crippen molar-refractivity contribution in [2.75, 3.05) is 18.0 Å². The van der Waals surface area contributed by atoms with Crippen LogP contribution in [0.3, 0.4) is 0 Å². The highest BCUT2D eigenvalue weighted by molar-refractivity contribution is 6.30. The Morgan fingerprint density at radius 3 is 2.33 bits per heavy atom. The molecule has 0 atom stereocenters. The quantitative estimate of drug-likeness (QED) is 0.590. The molecular formula is C24H28ClN3O2. The zero-order valence-corrected chi connectivity index (χ0v) is 18.8. The molecule has 158 valence electrons. The number of hydrogen-bond acceptors (Lipinski definition) is 3. The molecule has 3 heterocycles. The third kappa shape index (κ3) is 3.79. The molecule has 0 spiro atoms. The van der Waals surface area contributed by atoms with Crippen molar-refractivity contribution in [1.29, 1.82) is 0 Å². The van der Waals surface area contributed by atoms with Crippen LogP contribution in [-0.2, 0) is 4.79 Å². The normalized spacial score (nSPS) is 15.2. The maximum Gasteiger partial charge on any atom is 0.303 e. The van der Waals surface area contributed by atoms with Gasteiger partial charge in [0.05, 0.1) is 5.69 Å². The van der Waals surface area contributed by atoms with Crippen LogP contribution >= 0.6 is 11.6 Å². The summed E-state index contributed by atoms with van der Waals surface area (Å²) in [5, 5.41) is 11.0. The van der Waals surface area contributed by atoms with Crippen LogP contribution in [0.1, 0.15) is 41.6 Å². The molecular weight excluding hydrogens is 398 g/mol. The summed E-state index contributed by atoms with van der Waals surface area (Å²) in [6.45, 7) is 10.1. The summed E-state index contributed by atoms with van der Waals surface area (Å²) in [5.74, 6) is -0.431. The zero-order valence-electron chi connectivity index (χ0n) is 18.0. The Labute approximate surface area is 182 Å². The van der Waals surface area contributed by atoms with Gasteiger partial charge in [-0.1, -0.05) is 11.6 Å². The van der Waals surface area contributed by atoms with Gasteiger partial charge in [0.2, 0.25) is 0 Å². The number of piperidine rings is 1. The molecule has 5 nitrogen and oxygen atoms in total. The first kappa shape index (κ1) is 20.7. The number of halogens is 1. The molecule has 0 saturated carbocycles. The van der Waals surface area contributed by atoms with Gasteiger partial charge in [0, 0.05) is 47.5 Å². The summed E-state index contributed by atoms with van der Waals surface area (Å²) in [4.78, 5) is 18.4. The number of nitrogens with zero attached hydrogens (tertiary/aromatic N) is 3. The first-order chi connectivity index (χ1) is 14.2. The number of aryl methyl sites for hydroxylation is 4. The highest BCUT2D eigenvalue weighted by atomic mass is 35.5. The molecule has 0 unspecified atom stereocenters. The lowest BCUT2D eigenvalue weighted by molar-refractivity contribution is -0.138. The second-order valence-electron chi connectivity index (χ2n) is 8.58. The highest BCUT2D eigenvalue weighted by Gasteiger charge is 2.25. The Morgan fingerprint density at radius 2 is 1.73 bits per heavy atom. The van der Waals surface area contributed by atoms with Gasteiger partial charge in [-0.2, -0.15) is 0 Å². The van der Waals surface area contributed by atoms with Crippen molar-refractivity contribution >= 4 is 34.3 Å². The van der Waals surface area contributed by atoms with Crippen LogP contribution < -0.4 is 4.90 Å². The zero-order chi connectivity index (χ0) is 21.6. The lowest BCUT2D eigenvalue weighted by Crippen LogP contribution is -2.34. The number of aliphatic carboxylic acids is 1. The number of rotatable bonds is 4. The van der Waals surface area contributed by atoms with Gasteiger partial charge < -0.3 is 14.6 Å². The fraction of sp³-hybridized carbons (Fsp3) is 0.417. The standard InChI is InChI=1S/C24H28ClN3O2/c1-14-9-19(25)10-15(2)23(14)28-13-16(3)22-20(11-17(4)26-24(22)28)27-7-5-18(6-8-27)12-21(29)30/h9-11,13,18H,5-8,12H2,1-4H3,(H,29,30). The second kappa shape index (κ2) is 7.95. The molecule has 4 rings (SSSR count). The van der Waals surface area contributed by atoms with Gasteiger partial charge in [-0.3, -0.25) is 4.79 Å². The van der Waals surface area contributed by atoms with E-state index in [9.17, 15) is 4.79 Å². The fourth-order valence-electron chi connectivity index (χ4n) is 4.84. The Hall–Kier alpha value is -2.53. The van der Waals surface area contributed by atoms with E-state index < -0.39 is 5.97 Å². The van der Waals surface area contributed by atoms with E-state index in [4.69, 9.17) is 21.7 Å². The van der Waals surface area contributed by atoms with Crippen molar-refractivity contribution in [1.82, 2.24) is 9.55 Å².